The van der Waals surface area contributed by atoms with E-state index in [2.05, 4.69) is 59.0 Å². The van der Waals surface area contributed by atoms with Crippen LogP contribution >= 0.6 is 0 Å². The quantitative estimate of drug-likeness (QED) is 0.758. The second-order valence-corrected chi connectivity index (χ2v) is 5.99. The minimum atomic E-state index is 0.602. The Labute approximate surface area is 119 Å². The van der Waals surface area contributed by atoms with E-state index < -0.39 is 0 Å². The topological polar surface area (TPSA) is 12.0 Å². The van der Waals surface area contributed by atoms with Gasteiger partial charge >= 0.3 is 0 Å². The summed E-state index contributed by atoms with van der Waals surface area (Å²) in [6, 6.07) is 5.24. The molecule has 2 atom stereocenters. The number of benzene rings is 1. The lowest BCUT2D eigenvalue weighted by Gasteiger charge is -2.25. The first-order chi connectivity index (χ1) is 8.99. The molecule has 0 aliphatic heterocycles. The molecule has 1 rings (SSSR count). The van der Waals surface area contributed by atoms with Gasteiger partial charge in [-0.1, -0.05) is 38.0 Å². The van der Waals surface area contributed by atoms with Gasteiger partial charge in [-0.3, -0.25) is 0 Å². The monoisotopic (exact) mass is 261 g/mol. The highest BCUT2D eigenvalue weighted by atomic mass is 14.9. The van der Waals surface area contributed by atoms with Crippen LogP contribution in [0.4, 0.5) is 0 Å². The lowest BCUT2D eigenvalue weighted by Crippen LogP contribution is -2.35. The molecule has 0 fully saturated rings. The first-order valence-electron chi connectivity index (χ1n) is 7.79. The molecule has 0 heterocycles. The van der Waals surface area contributed by atoms with Crippen molar-refractivity contribution in [2.24, 2.45) is 5.92 Å². The van der Waals surface area contributed by atoms with Gasteiger partial charge in [-0.05, 0) is 69.7 Å². The molecule has 1 heteroatoms. The lowest BCUT2D eigenvalue weighted by molar-refractivity contribution is 0.361. The summed E-state index contributed by atoms with van der Waals surface area (Å²) in [5.41, 5.74) is 5.85. The van der Waals surface area contributed by atoms with Crippen molar-refractivity contribution in [3.63, 3.8) is 0 Å². The Morgan fingerprint density at radius 2 is 1.63 bits per heavy atom. The molecule has 0 aromatic heterocycles. The molecular formula is C18H31N. The third-order valence-corrected chi connectivity index (χ3v) is 4.25. The normalized spacial score (nSPS) is 14.4. The maximum Gasteiger partial charge on any atom is 0.00700 e. The van der Waals surface area contributed by atoms with Gasteiger partial charge in [0.2, 0.25) is 0 Å². The lowest BCUT2D eigenvalue weighted by atomic mass is 9.86. The van der Waals surface area contributed by atoms with Gasteiger partial charge in [-0.25, -0.2) is 0 Å². The van der Waals surface area contributed by atoms with Crippen molar-refractivity contribution in [1.82, 2.24) is 5.32 Å². The molecule has 1 N–H and O–H groups in total. The predicted molar refractivity (Wildman–Crippen MR) is 85.9 cm³/mol. The largest absolute Gasteiger partial charge is 0.314 e. The van der Waals surface area contributed by atoms with Gasteiger partial charge in [0.25, 0.3) is 0 Å². The highest BCUT2D eigenvalue weighted by Gasteiger charge is 2.17. The van der Waals surface area contributed by atoms with Crippen LogP contribution in [0.5, 0.6) is 0 Å². The zero-order valence-electron chi connectivity index (χ0n) is 13.6. The van der Waals surface area contributed by atoms with Gasteiger partial charge in [0.15, 0.2) is 0 Å². The molecule has 1 aromatic rings. The number of hydrogen-bond donors (Lipinski definition) is 1. The molecule has 0 spiro atoms. The third kappa shape index (κ3) is 4.65. The van der Waals surface area contributed by atoms with Crippen molar-refractivity contribution >= 4 is 0 Å². The number of hydrogen-bond acceptors (Lipinski definition) is 1. The number of aryl methyl sites for hydroxylation is 3. The van der Waals surface area contributed by atoms with Gasteiger partial charge in [0.05, 0.1) is 0 Å². The molecule has 0 saturated heterocycles. The average Bonchev–Trinajstić information content (AvgIpc) is 2.35. The minimum Gasteiger partial charge on any atom is -0.314 e. The number of nitrogens with one attached hydrogen (secondary N) is 1. The maximum atomic E-state index is 3.65. The highest BCUT2D eigenvalue weighted by Crippen LogP contribution is 2.23. The second kappa shape index (κ2) is 7.69. The van der Waals surface area contributed by atoms with E-state index in [1.165, 1.54) is 36.0 Å². The zero-order chi connectivity index (χ0) is 14.4. The predicted octanol–water partition coefficient (Wildman–Crippen LogP) is 4.57. The summed E-state index contributed by atoms with van der Waals surface area (Å²) in [4.78, 5) is 0. The fourth-order valence-electron chi connectivity index (χ4n) is 3.01. The molecule has 0 radical (unpaired) electrons. The van der Waals surface area contributed by atoms with Crippen molar-refractivity contribution in [3.8, 4) is 0 Å². The Morgan fingerprint density at radius 3 is 2.11 bits per heavy atom. The fraction of sp³-hybridized carbons (Fsp3) is 0.667. The van der Waals surface area contributed by atoms with E-state index in [4.69, 9.17) is 0 Å². The van der Waals surface area contributed by atoms with Crippen molar-refractivity contribution in [3.05, 3.63) is 34.4 Å². The van der Waals surface area contributed by atoms with Crippen LogP contribution in [-0.4, -0.2) is 12.6 Å². The smallest absolute Gasteiger partial charge is 0.00700 e. The first-order valence-corrected chi connectivity index (χ1v) is 7.79. The van der Waals surface area contributed by atoms with E-state index in [1.807, 2.05) is 0 Å². The van der Waals surface area contributed by atoms with Crippen molar-refractivity contribution in [1.29, 1.82) is 0 Å². The van der Waals surface area contributed by atoms with Gasteiger partial charge < -0.3 is 5.32 Å². The van der Waals surface area contributed by atoms with E-state index in [9.17, 15) is 0 Å². The summed E-state index contributed by atoms with van der Waals surface area (Å²) in [6.07, 6.45) is 3.65. The van der Waals surface area contributed by atoms with Gasteiger partial charge in [-0.2, -0.15) is 0 Å². The first kappa shape index (κ1) is 16.2. The molecule has 2 unspecified atom stereocenters. The van der Waals surface area contributed by atoms with Crippen LogP contribution in [0.2, 0.25) is 0 Å². The molecule has 0 bridgehead atoms. The molecule has 0 aliphatic carbocycles. The second-order valence-electron chi connectivity index (χ2n) is 5.99. The zero-order valence-corrected chi connectivity index (χ0v) is 13.6. The molecule has 1 aromatic carbocycles. The molecular weight excluding hydrogens is 230 g/mol. The van der Waals surface area contributed by atoms with E-state index in [0.29, 0.717) is 6.04 Å². The summed E-state index contributed by atoms with van der Waals surface area (Å²) in [6.45, 7) is 14.7. The highest BCUT2D eigenvalue weighted by molar-refractivity contribution is 5.37. The van der Waals surface area contributed by atoms with Crippen LogP contribution in [0.1, 0.15) is 55.9 Å². The molecule has 0 aliphatic rings. The van der Waals surface area contributed by atoms with Crippen LogP contribution in [0.3, 0.4) is 0 Å². The Balaban J connectivity index is 2.81. The molecule has 1 nitrogen and oxygen atoms in total. The van der Waals surface area contributed by atoms with Crippen LogP contribution in [0.15, 0.2) is 12.1 Å². The molecule has 0 amide bonds. The van der Waals surface area contributed by atoms with Crippen LogP contribution < -0.4 is 5.32 Å². The van der Waals surface area contributed by atoms with E-state index in [-0.39, 0.29) is 0 Å². The number of rotatable bonds is 7. The van der Waals surface area contributed by atoms with E-state index >= 15 is 0 Å². The standard InChI is InChI=1S/C18H31N/c1-7-9-19-16(6)17(8-2)12-18-14(4)10-13(3)11-15(18)5/h10-11,16-17,19H,7-9,12H2,1-6H3. The van der Waals surface area contributed by atoms with E-state index in [0.717, 1.165) is 12.5 Å². The molecule has 108 valence electrons. The Hall–Kier alpha value is -0.820. The van der Waals surface area contributed by atoms with Crippen LogP contribution in [-0.2, 0) is 6.42 Å². The van der Waals surface area contributed by atoms with Crippen LogP contribution in [0, 0.1) is 26.7 Å². The molecule has 19 heavy (non-hydrogen) atoms. The summed E-state index contributed by atoms with van der Waals surface area (Å²) >= 11 is 0. The van der Waals surface area contributed by atoms with E-state index in [1.54, 1.807) is 5.56 Å². The SMILES string of the molecule is CCCNC(C)C(CC)Cc1c(C)cc(C)cc1C. The van der Waals surface area contributed by atoms with Crippen molar-refractivity contribution < 1.29 is 0 Å². The van der Waals surface area contributed by atoms with Crippen LogP contribution in [0.25, 0.3) is 0 Å². The Kier molecular flexibility index (Phi) is 6.57. The molecule has 0 saturated carbocycles. The Bertz CT molecular complexity index is 372. The summed E-state index contributed by atoms with van der Waals surface area (Å²) in [5, 5.41) is 3.65. The van der Waals surface area contributed by atoms with Gasteiger partial charge in [0.1, 0.15) is 0 Å². The summed E-state index contributed by atoms with van der Waals surface area (Å²) in [7, 11) is 0. The van der Waals surface area contributed by atoms with Crippen molar-refractivity contribution in [2.75, 3.05) is 6.54 Å². The summed E-state index contributed by atoms with van der Waals surface area (Å²) < 4.78 is 0. The Morgan fingerprint density at radius 1 is 1.05 bits per heavy atom. The van der Waals surface area contributed by atoms with Gasteiger partial charge in [-0.15, -0.1) is 0 Å². The third-order valence-electron chi connectivity index (χ3n) is 4.25. The minimum absolute atomic E-state index is 0.602. The average molecular weight is 261 g/mol. The van der Waals surface area contributed by atoms with Crippen molar-refractivity contribution in [2.45, 2.75) is 66.8 Å². The summed E-state index contributed by atoms with van der Waals surface area (Å²) in [5.74, 6) is 0.728. The maximum absolute atomic E-state index is 3.65. The van der Waals surface area contributed by atoms with Gasteiger partial charge in [0, 0.05) is 6.04 Å². The fourth-order valence-corrected chi connectivity index (χ4v) is 3.01.